The second-order valence-electron chi connectivity index (χ2n) is 4.65. The number of rotatable bonds is 6. The van der Waals surface area contributed by atoms with Crippen molar-refractivity contribution in [1.29, 1.82) is 0 Å². The Labute approximate surface area is 113 Å². The smallest absolute Gasteiger partial charge is 0.237 e. The molecule has 0 aromatic carbocycles. The maximum absolute atomic E-state index is 5.95. The van der Waals surface area contributed by atoms with Crippen LogP contribution >= 0.6 is 11.6 Å². The van der Waals surface area contributed by atoms with Crippen LogP contribution in [0.1, 0.15) is 27.7 Å². The zero-order chi connectivity index (χ0) is 13.7. The van der Waals surface area contributed by atoms with Gasteiger partial charge < -0.3 is 10.5 Å². The SMILES string of the molecule is CC(C)N(CCOc1ncnc(N)c1Cl)C(C)C. The number of anilines is 1. The van der Waals surface area contributed by atoms with Gasteiger partial charge in [-0.1, -0.05) is 11.6 Å². The van der Waals surface area contributed by atoms with E-state index in [-0.39, 0.29) is 10.8 Å². The third-order valence-electron chi connectivity index (χ3n) is 2.70. The van der Waals surface area contributed by atoms with Gasteiger partial charge in [0.25, 0.3) is 0 Å². The molecule has 0 atom stereocenters. The first kappa shape index (κ1) is 15.0. The van der Waals surface area contributed by atoms with Crippen molar-refractivity contribution in [1.82, 2.24) is 14.9 Å². The summed E-state index contributed by atoms with van der Waals surface area (Å²) in [6, 6.07) is 0.944. The summed E-state index contributed by atoms with van der Waals surface area (Å²) in [5, 5.41) is 0.276. The number of nitrogens with zero attached hydrogens (tertiary/aromatic N) is 3. The summed E-state index contributed by atoms with van der Waals surface area (Å²) in [5.74, 6) is 0.586. The lowest BCUT2D eigenvalue weighted by atomic mass is 10.2. The van der Waals surface area contributed by atoms with Gasteiger partial charge in [-0.05, 0) is 27.7 Å². The molecule has 1 aromatic rings. The van der Waals surface area contributed by atoms with Crippen LogP contribution < -0.4 is 10.5 Å². The molecule has 0 bridgehead atoms. The number of hydrogen-bond donors (Lipinski definition) is 1. The monoisotopic (exact) mass is 272 g/mol. The molecule has 0 radical (unpaired) electrons. The van der Waals surface area contributed by atoms with E-state index in [2.05, 4.69) is 42.6 Å². The fraction of sp³-hybridized carbons (Fsp3) is 0.667. The number of hydrogen-bond acceptors (Lipinski definition) is 5. The summed E-state index contributed by atoms with van der Waals surface area (Å²) < 4.78 is 5.54. The standard InChI is InChI=1S/C12H21ClN4O/c1-8(2)17(9(3)4)5-6-18-12-10(13)11(14)15-7-16-12/h7-9H,5-6H2,1-4H3,(H2,14,15,16). The van der Waals surface area contributed by atoms with Crippen LogP contribution in [0.3, 0.4) is 0 Å². The van der Waals surface area contributed by atoms with Crippen molar-refractivity contribution in [3.05, 3.63) is 11.3 Å². The Balaban J connectivity index is 2.53. The largest absolute Gasteiger partial charge is 0.475 e. The number of nitrogens with two attached hydrogens (primary N) is 1. The molecule has 2 N–H and O–H groups in total. The maximum atomic E-state index is 5.95. The van der Waals surface area contributed by atoms with E-state index in [1.54, 1.807) is 0 Å². The summed E-state index contributed by atoms with van der Waals surface area (Å²) in [7, 11) is 0. The van der Waals surface area contributed by atoms with Gasteiger partial charge in [0.1, 0.15) is 23.8 Å². The van der Waals surface area contributed by atoms with Gasteiger partial charge >= 0.3 is 0 Å². The average molecular weight is 273 g/mol. The molecular weight excluding hydrogens is 252 g/mol. The lowest BCUT2D eigenvalue weighted by Gasteiger charge is -2.30. The van der Waals surface area contributed by atoms with Crippen LogP contribution in [0.4, 0.5) is 5.82 Å². The Kier molecular flexibility index (Phi) is 5.62. The van der Waals surface area contributed by atoms with Crippen molar-refractivity contribution in [2.45, 2.75) is 39.8 Å². The molecule has 0 fully saturated rings. The van der Waals surface area contributed by atoms with Crippen molar-refractivity contribution < 1.29 is 4.74 Å². The molecule has 0 saturated carbocycles. The highest BCUT2D eigenvalue weighted by atomic mass is 35.5. The predicted octanol–water partition coefficient (Wildman–Crippen LogP) is 2.21. The van der Waals surface area contributed by atoms with E-state index in [9.17, 15) is 0 Å². The normalized spacial score (nSPS) is 11.6. The second-order valence-corrected chi connectivity index (χ2v) is 5.03. The van der Waals surface area contributed by atoms with E-state index in [0.29, 0.717) is 24.6 Å². The molecule has 0 unspecified atom stereocenters. The minimum atomic E-state index is 0.242. The topological polar surface area (TPSA) is 64.3 Å². The van der Waals surface area contributed by atoms with Crippen LogP contribution in [-0.4, -0.2) is 40.1 Å². The van der Waals surface area contributed by atoms with E-state index in [4.69, 9.17) is 22.1 Å². The summed E-state index contributed by atoms with van der Waals surface area (Å²) in [5.41, 5.74) is 5.58. The first-order valence-electron chi connectivity index (χ1n) is 6.08. The molecule has 0 aliphatic carbocycles. The summed E-state index contributed by atoms with van der Waals surface area (Å²) >= 11 is 5.95. The van der Waals surface area contributed by atoms with Crippen molar-refractivity contribution in [2.75, 3.05) is 18.9 Å². The number of ether oxygens (including phenoxy) is 1. The number of nitrogen functional groups attached to an aromatic ring is 1. The quantitative estimate of drug-likeness (QED) is 0.860. The molecule has 0 spiro atoms. The predicted molar refractivity (Wildman–Crippen MR) is 73.9 cm³/mol. The Morgan fingerprint density at radius 1 is 1.28 bits per heavy atom. The van der Waals surface area contributed by atoms with Crippen molar-refractivity contribution >= 4 is 17.4 Å². The molecule has 0 amide bonds. The van der Waals surface area contributed by atoms with Gasteiger partial charge in [-0.2, -0.15) is 0 Å². The highest BCUT2D eigenvalue weighted by Crippen LogP contribution is 2.25. The van der Waals surface area contributed by atoms with Crippen LogP contribution in [-0.2, 0) is 0 Å². The molecule has 6 heteroatoms. The number of aromatic nitrogens is 2. The Morgan fingerprint density at radius 2 is 1.89 bits per heavy atom. The average Bonchev–Trinajstić information content (AvgIpc) is 2.28. The molecule has 0 aliphatic rings. The van der Waals surface area contributed by atoms with Crippen LogP contribution in [0, 0.1) is 0 Å². The Bertz CT molecular complexity index is 376. The van der Waals surface area contributed by atoms with Gasteiger partial charge in [0.15, 0.2) is 0 Å². The third kappa shape index (κ3) is 3.99. The molecule has 1 aromatic heterocycles. The van der Waals surface area contributed by atoms with E-state index in [1.807, 2.05) is 0 Å². The van der Waals surface area contributed by atoms with Crippen molar-refractivity contribution in [2.24, 2.45) is 0 Å². The molecule has 1 rings (SSSR count). The van der Waals surface area contributed by atoms with Gasteiger partial charge in [0, 0.05) is 18.6 Å². The lowest BCUT2D eigenvalue weighted by molar-refractivity contribution is 0.140. The fourth-order valence-corrected chi connectivity index (χ4v) is 1.98. The van der Waals surface area contributed by atoms with Crippen molar-refractivity contribution in [3.63, 3.8) is 0 Å². The zero-order valence-corrected chi connectivity index (χ0v) is 12.1. The Morgan fingerprint density at radius 3 is 2.44 bits per heavy atom. The molecular formula is C12H21ClN4O. The lowest BCUT2D eigenvalue weighted by Crippen LogP contribution is -2.39. The summed E-state index contributed by atoms with van der Waals surface area (Å²) in [4.78, 5) is 10.1. The Hall–Kier alpha value is -1.07. The zero-order valence-electron chi connectivity index (χ0n) is 11.4. The van der Waals surface area contributed by atoms with Crippen LogP contribution in [0.5, 0.6) is 5.88 Å². The van der Waals surface area contributed by atoms with Gasteiger partial charge in [-0.3, -0.25) is 4.90 Å². The minimum Gasteiger partial charge on any atom is -0.475 e. The third-order valence-corrected chi connectivity index (χ3v) is 3.05. The van der Waals surface area contributed by atoms with Gasteiger partial charge in [-0.25, -0.2) is 9.97 Å². The van der Waals surface area contributed by atoms with Gasteiger partial charge in [0.05, 0.1) is 0 Å². The van der Waals surface area contributed by atoms with E-state index >= 15 is 0 Å². The molecule has 0 aliphatic heterocycles. The van der Waals surface area contributed by atoms with E-state index < -0.39 is 0 Å². The summed E-state index contributed by atoms with van der Waals surface area (Å²) in [6.45, 7) is 9.98. The van der Waals surface area contributed by atoms with Crippen molar-refractivity contribution in [3.8, 4) is 5.88 Å². The maximum Gasteiger partial charge on any atom is 0.237 e. The fourth-order valence-electron chi connectivity index (χ4n) is 1.83. The second kappa shape index (κ2) is 6.75. The van der Waals surface area contributed by atoms with E-state index in [0.717, 1.165) is 6.54 Å². The highest BCUT2D eigenvalue weighted by Gasteiger charge is 2.14. The van der Waals surface area contributed by atoms with E-state index in [1.165, 1.54) is 6.33 Å². The van der Waals surface area contributed by atoms with Gasteiger partial charge in [-0.15, -0.1) is 0 Å². The van der Waals surface area contributed by atoms with Crippen LogP contribution in [0.15, 0.2) is 6.33 Å². The molecule has 1 heterocycles. The molecule has 5 nitrogen and oxygen atoms in total. The highest BCUT2D eigenvalue weighted by molar-refractivity contribution is 6.33. The van der Waals surface area contributed by atoms with Crippen LogP contribution in [0.2, 0.25) is 5.02 Å². The summed E-state index contributed by atoms with van der Waals surface area (Å²) in [6.07, 6.45) is 1.35. The van der Waals surface area contributed by atoms with Gasteiger partial charge in [0.2, 0.25) is 5.88 Å². The first-order valence-corrected chi connectivity index (χ1v) is 6.45. The minimum absolute atomic E-state index is 0.242. The number of halogens is 1. The first-order chi connectivity index (χ1) is 8.43. The van der Waals surface area contributed by atoms with Crippen LogP contribution in [0.25, 0.3) is 0 Å². The molecule has 18 heavy (non-hydrogen) atoms. The molecule has 0 saturated heterocycles. The molecule has 102 valence electrons.